The largest absolute Gasteiger partial charge is 0.467 e. The highest BCUT2D eigenvalue weighted by molar-refractivity contribution is 6.30. The molecule has 8 nitrogen and oxygen atoms in total. The zero-order chi connectivity index (χ0) is 19.5. The average Bonchev–Trinajstić information content (AvgIpc) is 3.29. The predicted octanol–water partition coefficient (Wildman–Crippen LogP) is 2.92. The summed E-state index contributed by atoms with van der Waals surface area (Å²) in [5.74, 6) is 0.140. The highest BCUT2D eigenvalue weighted by atomic mass is 16.4. The SMILES string of the molecule is O=C1NC(=O)N(Cc2ccco2)C(=O)C1=Cc1ccc(N2CCCCCC2)o1. The Morgan fingerprint density at radius 3 is 2.54 bits per heavy atom. The lowest BCUT2D eigenvalue weighted by molar-refractivity contribution is -0.130. The molecule has 8 heteroatoms. The Morgan fingerprint density at radius 1 is 1.04 bits per heavy atom. The van der Waals surface area contributed by atoms with Crippen LogP contribution in [0.3, 0.4) is 0 Å². The van der Waals surface area contributed by atoms with E-state index in [2.05, 4.69) is 10.2 Å². The lowest BCUT2D eigenvalue weighted by Gasteiger charge is -2.25. The summed E-state index contributed by atoms with van der Waals surface area (Å²) in [5.41, 5.74) is -0.150. The fourth-order valence-corrected chi connectivity index (χ4v) is 3.42. The summed E-state index contributed by atoms with van der Waals surface area (Å²) in [5, 5.41) is 2.19. The number of rotatable bonds is 4. The van der Waals surface area contributed by atoms with Crippen molar-refractivity contribution in [1.82, 2.24) is 10.2 Å². The highest BCUT2D eigenvalue weighted by Crippen LogP contribution is 2.24. The first-order valence-corrected chi connectivity index (χ1v) is 9.38. The molecule has 28 heavy (non-hydrogen) atoms. The van der Waals surface area contributed by atoms with E-state index in [4.69, 9.17) is 8.83 Å². The number of anilines is 1. The fourth-order valence-electron chi connectivity index (χ4n) is 3.42. The van der Waals surface area contributed by atoms with Gasteiger partial charge in [-0.05, 0) is 37.1 Å². The minimum absolute atomic E-state index is 0.0561. The van der Waals surface area contributed by atoms with Gasteiger partial charge in [0.2, 0.25) is 0 Å². The number of carbonyl (C=O) groups is 3. The molecule has 0 radical (unpaired) electrons. The van der Waals surface area contributed by atoms with E-state index in [1.807, 2.05) is 6.07 Å². The Balaban J connectivity index is 1.55. The topological polar surface area (TPSA) is 96.0 Å². The Labute approximate surface area is 161 Å². The van der Waals surface area contributed by atoms with E-state index < -0.39 is 17.8 Å². The second kappa shape index (κ2) is 7.75. The number of nitrogens with one attached hydrogen (secondary N) is 1. The van der Waals surface area contributed by atoms with E-state index in [1.165, 1.54) is 25.2 Å². The number of furan rings is 2. The minimum Gasteiger partial charge on any atom is -0.467 e. The van der Waals surface area contributed by atoms with Gasteiger partial charge >= 0.3 is 6.03 Å². The number of urea groups is 1. The summed E-state index contributed by atoms with van der Waals surface area (Å²) in [4.78, 5) is 40.1. The van der Waals surface area contributed by atoms with Gasteiger partial charge in [0.15, 0.2) is 5.88 Å². The average molecular weight is 383 g/mol. The van der Waals surface area contributed by atoms with Crippen LogP contribution in [-0.2, 0) is 16.1 Å². The first kappa shape index (κ1) is 18.1. The van der Waals surface area contributed by atoms with Crippen LogP contribution < -0.4 is 10.2 Å². The minimum atomic E-state index is -0.770. The Morgan fingerprint density at radius 2 is 1.82 bits per heavy atom. The maximum atomic E-state index is 12.7. The lowest BCUT2D eigenvalue weighted by Crippen LogP contribution is -2.53. The maximum absolute atomic E-state index is 12.7. The Hall–Kier alpha value is -3.29. The van der Waals surface area contributed by atoms with Gasteiger partial charge in [0.05, 0.1) is 12.8 Å². The molecule has 4 heterocycles. The second-order valence-corrected chi connectivity index (χ2v) is 6.87. The molecule has 2 aliphatic rings. The van der Waals surface area contributed by atoms with Gasteiger partial charge in [-0.1, -0.05) is 12.8 Å². The lowest BCUT2D eigenvalue weighted by atomic mass is 10.1. The molecule has 0 aliphatic carbocycles. The summed E-state index contributed by atoms with van der Waals surface area (Å²) in [7, 11) is 0. The second-order valence-electron chi connectivity index (χ2n) is 6.87. The molecule has 146 valence electrons. The van der Waals surface area contributed by atoms with Crippen molar-refractivity contribution >= 4 is 29.8 Å². The number of barbiturate groups is 1. The summed E-state index contributed by atoms with van der Waals surface area (Å²) in [6.45, 7) is 1.79. The molecule has 0 unspecified atom stereocenters. The third-order valence-corrected chi connectivity index (χ3v) is 4.90. The maximum Gasteiger partial charge on any atom is 0.331 e. The molecule has 0 spiro atoms. The zero-order valence-electron chi connectivity index (χ0n) is 15.3. The van der Waals surface area contributed by atoms with E-state index in [0.717, 1.165) is 36.7 Å². The van der Waals surface area contributed by atoms with Crippen molar-refractivity contribution in [2.75, 3.05) is 18.0 Å². The zero-order valence-corrected chi connectivity index (χ0v) is 15.3. The van der Waals surface area contributed by atoms with Gasteiger partial charge in [0.25, 0.3) is 11.8 Å². The van der Waals surface area contributed by atoms with Crippen LogP contribution in [0.1, 0.15) is 37.2 Å². The summed E-state index contributed by atoms with van der Waals surface area (Å²) < 4.78 is 11.0. The van der Waals surface area contributed by atoms with Gasteiger partial charge in [-0.15, -0.1) is 0 Å². The van der Waals surface area contributed by atoms with Crippen LogP contribution in [0.25, 0.3) is 6.08 Å². The normalized spacial score (nSPS) is 19.9. The summed E-state index contributed by atoms with van der Waals surface area (Å²) in [6, 6.07) is 6.11. The van der Waals surface area contributed by atoms with Crippen LogP contribution in [0.15, 0.2) is 44.9 Å². The van der Waals surface area contributed by atoms with Crippen molar-refractivity contribution in [2.45, 2.75) is 32.2 Å². The van der Waals surface area contributed by atoms with Crippen molar-refractivity contribution in [2.24, 2.45) is 0 Å². The van der Waals surface area contributed by atoms with Crippen LogP contribution in [-0.4, -0.2) is 35.8 Å². The molecule has 4 amide bonds. The predicted molar refractivity (Wildman–Crippen MR) is 100 cm³/mol. The number of hydrogen-bond acceptors (Lipinski definition) is 6. The molecule has 1 N–H and O–H groups in total. The van der Waals surface area contributed by atoms with Gasteiger partial charge in [-0.3, -0.25) is 19.8 Å². The van der Waals surface area contributed by atoms with Crippen LogP contribution >= 0.6 is 0 Å². The number of hydrogen-bond donors (Lipinski definition) is 1. The molecule has 2 aliphatic heterocycles. The van der Waals surface area contributed by atoms with E-state index >= 15 is 0 Å². The monoisotopic (exact) mass is 383 g/mol. The van der Waals surface area contributed by atoms with Gasteiger partial charge < -0.3 is 13.7 Å². The molecule has 2 aromatic rings. The number of nitrogens with zero attached hydrogens (tertiary/aromatic N) is 2. The smallest absolute Gasteiger partial charge is 0.331 e. The summed E-state index contributed by atoms with van der Waals surface area (Å²) >= 11 is 0. The molecule has 2 aromatic heterocycles. The van der Waals surface area contributed by atoms with Gasteiger partial charge in [-0.25, -0.2) is 4.79 Å². The fraction of sp³-hybridized carbons (Fsp3) is 0.350. The van der Waals surface area contributed by atoms with Crippen LogP contribution in [0.4, 0.5) is 10.7 Å². The quantitative estimate of drug-likeness (QED) is 0.644. The van der Waals surface area contributed by atoms with E-state index in [1.54, 1.807) is 18.2 Å². The van der Waals surface area contributed by atoms with Gasteiger partial charge in [-0.2, -0.15) is 0 Å². The molecule has 2 saturated heterocycles. The highest BCUT2D eigenvalue weighted by Gasteiger charge is 2.36. The number of amides is 4. The first-order chi connectivity index (χ1) is 13.6. The molecule has 2 fully saturated rings. The molecule has 4 rings (SSSR count). The molecule has 0 atom stereocenters. The van der Waals surface area contributed by atoms with Crippen molar-refractivity contribution < 1.29 is 23.2 Å². The molecule has 0 aromatic carbocycles. The number of imide groups is 2. The standard InChI is InChI=1S/C20H21N3O5/c24-18-16(19(25)23(20(26)21-18)13-15-6-5-11-27-15)12-14-7-8-17(28-14)22-9-3-1-2-4-10-22/h5-8,11-12H,1-4,9-10,13H2,(H,21,24,26). The van der Waals surface area contributed by atoms with Crippen molar-refractivity contribution in [3.05, 3.63) is 47.6 Å². The van der Waals surface area contributed by atoms with Crippen molar-refractivity contribution in [3.8, 4) is 0 Å². The van der Waals surface area contributed by atoms with Crippen molar-refractivity contribution in [3.63, 3.8) is 0 Å². The van der Waals surface area contributed by atoms with E-state index in [9.17, 15) is 14.4 Å². The Bertz CT molecular complexity index is 904. The molecular formula is C20H21N3O5. The first-order valence-electron chi connectivity index (χ1n) is 9.38. The van der Waals surface area contributed by atoms with E-state index in [-0.39, 0.29) is 12.1 Å². The molecular weight excluding hydrogens is 362 g/mol. The van der Waals surface area contributed by atoms with Gasteiger partial charge in [0.1, 0.15) is 17.1 Å². The van der Waals surface area contributed by atoms with Crippen molar-refractivity contribution in [1.29, 1.82) is 0 Å². The summed E-state index contributed by atoms with van der Waals surface area (Å²) in [6.07, 6.45) is 7.48. The molecule has 0 bridgehead atoms. The van der Waals surface area contributed by atoms with Crippen LogP contribution in [0.2, 0.25) is 0 Å². The van der Waals surface area contributed by atoms with Crippen LogP contribution in [0.5, 0.6) is 0 Å². The van der Waals surface area contributed by atoms with Crippen LogP contribution in [0, 0.1) is 0 Å². The molecule has 0 saturated carbocycles. The third-order valence-electron chi connectivity index (χ3n) is 4.90. The number of carbonyl (C=O) groups excluding carboxylic acids is 3. The van der Waals surface area contributed by atoms with Gasteiger partial charge in [0, 0.05) is 19.2 Å². The van der Waals surface area contributed by atoms with E-state index in [0.29, 0.717) is 11.5 Å². The Kier molecular flexibility index (Phi) is 5.01. The third kappa shape index (κ3) is 3.71.